The minimum absolute atomic E-state index is 0.0288. The molecule has 1 saturated heterocycles. The lowest BCUT2D eigenvalue weighted by Gasteiger charge is -2.37. The molecule has 2 heterocycles. The molecule has 0 atom stereocenters. The summed E-state index contributed by atoms with van der Waals surface area (Å²) < 4.78 is 47.9. The van der Waals surface area contributed by atoms with Crippen LogP contribution in [0.25, 0.3) is 16.8 Å². The number of nitrogens with zero attached hydrogens (tertiary/aromatic N) is 3. The summed E-state index contributed by atoms with van der Waals surface area (Å²) >= 11 is 10.7. The number of sulfonamides is 1. The zero-order valence-electron chi connectivity index (χ0n) is 28.9. The molecule has 1 aliphatic heterocycles. The highest BCUT2D eigenvalue weighted by Gasteiger charge is 2.36. The highest BCUT2D eigenvalue weighted by Crippen LogP contribution is 2.54. The number of nitrogens with one attached hydrogen (secondary N) is 1. The predicted octanol–water partition coefficient (Wildman–Crippen LogP) is 9.17. The van der Waals surface area contributed by atoms with Crippen molar-refractivity contribution in [2.75, 3.05) is 11.5 Å². The first-order valence-corrected chi connectivity index (χ1v) is 20.8. The van der Waals surface area contributed by atoms with Gasteiger partial charge in [-0.2, -0.15) is 4.68 Å². The summed E-state index contributed by atoms with van der Waals surface area (Å²) in [6, 6.07) is 17.1. The molecule has 1 N–H and O–H groups in total. The van der Waals surface area contributed by atoms with E-state index in [1.807, 2.05) is 35.7 Å². The number of hydrogen-bond donors (Lipinski definition) is 1. The first kappa shape index (κ1) is 37.7. The summed E-state index contributed by atoms with van der Waals surface area (Å²) in [5.41, 5.74) is 1.69. The molecule has 0 unspecified atom stereocenters. The maximum Gasteiger partial charge on any atom is 0.351 e. The highest BCUT2D eigenvalue weighted by molar-refractivity contribution is 8.18. The lowest BCUT2D eigenvalue weighted by molar-refractivity contribution is 0.491. The van der Waals surface area contributed by atoms with Gasteiger partial charge in [-0.3, -0.25) is 4.57 Å². The second-order valence-electron chi connectivity index (χ2n) is 13.5. The summed E-state index contributed by atoms with van der Waals surface area (Å²) in [5, 5.41) is 5.21. The Kier molecular flexibility index (Phi) is 12.1. The number of rotatable bonds is 13. The minimum atomic E-state index is -3.88. The van der Waals surface area contributed by atoms with Crippen molar-refractivity contribution in [3.63, 3.8) is 0 Å². The van der Waals surface area contributed by atoms with E-state index in [-0.39, 0.29) is 21.2 Å². The minimum Gasteiger partial charge on any atom is -0.274 e. The summed E-state index contributed by atoms with van der Waals surface area (Å²) in [5.74, 6) is 2.19. The Morgan fingerprint density at radius 1 is 1.00 bits per heavy atom. The van der Waals surface area contributed by atoms with E-state index in [9.17, 15) is 13.2 Å². The molecule has 0 amide bonds. The maximum absolute atomic E-state index is 15.9. The smallest absolute Gasteiger partial charge is 0.274 e. The number of thioether (sulfide) groups is 2. The summed E-state index contributed by atoms with van der Waals surface area (Å²) in [4.78, 5) is 14.2. The van der Waals surface area contributed by atoms with Gasteiger partial charge in [0.1, 0.15) is 11.6 Å². The van der Waals surface area contributed by atoms with Gasteiger partial charge in [0.05, 0.1) is 26.2 Å². The summed E-state index contributed by atoms with van der Waals surface area (Å²) in [7, 11) is -3.88. The largest absolute Gasteiger partial charge is 0.351 e. The van der Waals surface area contributed by atoms with E-state index in [1.165, 1.54) is 27.8 Å². The van der Waals surface area contributed by atoms with Crippen molar-refractivity contribution in [3.05, 3.63) is 98.9 Å². The van der Waals surface area contributed by atoms with Gasteiger partial charge in [-0.05, 0) is 86.9 Å². The average molecular weight is 745 g/mol. The van der Waals surface area contributed by atoms with E-state index in [4.69, 9.17) is 16.7 Å². The molecular formula is C37H46ClFN4O3S3. The fraction of sp³-hybridized carbons (Fsp3) is 0.459. The van der Waals surface area contributed by atoms with Crippen LogP contribution in [-0.4, -0.2) is 39.8 Å². The number of unbranched alkanes of at least 4 members (excludes halogenated alkanes) is 2. The van der Waals surface area contributed by atoms with Gasteiger partial charge >= 0.3 is 5.69 Å². The molecule has 0 aliphatic carbocycles. The number of halogens is 2. The van der Waals surface area contributed by atoms with Gasteiger partial charge in [0.2, 0.25) is 10.0 Å². The molecule has 0 radical (unpaired) electrons. The van der Waals surface area contributed by atoms with Crippen molar-refractivity contribution in [2.24, 2.45) is 0 Å². The molecule has 264 valence electrons. The Labute approximate surface area is 303 Å². The van der Waals surface area contributed by atoms with Crippen LogP contribution in [0, 0.1) is 5.82 Å². The maximum atomic E-state index is 15.9. The Morgan fingerprint density at radius 2 is 1.71 bits per heavy atom. The Hall–Kier alpha value is -2.57. The third kappa shape index (κ3) is 8.67. The van der Waals surface area contributed by atoms with Crippen LogP contribution < -0.4 is 10.4 Å². The zero-order valence-corrected chi connectivity index (χ0v) is 32.1. The molecule has 1 fully saturated rings. The van der Waals surface area contributed by atoms with Crippen LogP contribution in [0.3, 0.4) is 0 Å². The SMILES string of the molecule is CCCCc1nn(-c2cc(C3(CCCC)SCCCS3)ccc2Cl)c(=O)n1Cc1ccc(-c2ccccc2S(=O)(=O)NC(C)(C)C)cc1F. The Morgan fingerprint density at radius 3 is 2.39 bits per heavy atom. The third-order valence-corrected chi connectivity index (χ3v) is 14.1. The van der Waals surface area contributed by atoms with Crippen molar-refractivity contribution >= 4 is 45.1 Å². The van der Waals surface area contributed by atoms with Crippen LogP contribution in [0.2, 0.25) is 5.02 Å². The molecule has 5 rings (SSSR count). The molecular weight excluding hydrogens is 699 g/mol. The normalized spacial score (nSPS) is 15.1. The van der Waals surface area contributed by atoms with Crippen molar-refractivity contribution in [1.82, 2.24) is 19.1 Å². The summed E-state index contributed by atoms with van der Waals surface area (Å²) in [6.45, 7) is 9.55. The van der Waals surface area contributed by atoms with E-state index >= 15 is 4.39 Å². The summed E-state index contributed by atoms with van der Waals surface area (Å²) in [6.07, 6.45) is 6.68. The van der Waals surface area contributed by atoms with Crippen LogP contribution in [0.1, 0.15) is 90.1 Å². The van der Waals surface area contributed by atoms with Crippen LogP contribution in [0.4, 0.5) is 4.39 Å². The van der Waals surface area contributed by atoms with Crippen molar-refractivity contribution in [3.8, 4) is 16.8 Å². The van der Waals surface area contributed by atoms with Gasteiger partial charge in [-0.15, -0.1) is 28.6 Å². The van der Waals surface area contributed by atoms with Gasteiger partial charge in [-0.25, -0.2) is 22.3 Å². The Bertz CT molecular complexity index is 1950. The van der Waals surface area contributed by atoms with E-state index in [0.29, 0.717) is 39.6 Å². The molecule has 0 spiro atoms. The van der Waals surface area contributed by atoms with Crippen molar-refractivity contribution in [2.45, 2.75) is 101 Å². The molecule has 0 bridgehead atoms. The van der Waals surface area contributed by atoms with Crippen LogP contribution in [0.5, 0.6) is 0 Å². The lowest BCUT2D eigenvalue weighted by Crippen LogP contribution is -2.40. The highest BCUT2D eigenvalue weighted by atomic mass is 35.5. The monoisotopic (exact) mass is 744 g/mol. The quantitative estimate of drug-likeness (QED) is 0.147. The zero-order chi connectivity index (χ0) is 35.4. The number of hydrogen-bond acceptors (Lipinski definition) is 6. The number of benzene rings is 3. The number of aryl methyl sites for hydroxylation is 1. The van der Waals surface area contributed by atoms with E-state index < -0.39 is 21.4 Å². The van der Waals surface area contributed by atoms with Gasteiger partial charge in [0, 0.05) is 23.1 Å². The van der Waals surface area contributed by atoms with Crippen LogP contribution >= 0.6 is 35.1 Å². The lowest BCUT2D eigenvalue weighted by atomic mass is 10.0. The van der Waals surface area contributed by atoms with Crippen LogP contribution in [0.15, 0.2) is 70.4 Å². The molecule has 7 nitrogen and oxygen atoms in total. The average Bonchev–Trinajstić information content (AvgIpc) is 3.37. The molecule has 3 aromatic carbocycles. The number of aromatic nitrogens is 3. The second-order valence-corrected chi connectivity index (χ2v) is 18.6. The second kappa shape index (κ2) is 15.8. The molecule has 1 aromatic heterocycles. The van der Waals surface area contributed by atoms with Crippen LogP contribution in [-0.2, 0) is 27.1 Å². The molecule has 0 saturated carbocycles. The fourth-order valence-electron chi connectivity index (χ4n) is 6.03. The van der Waals surface area contributed by atoms with E-state index in [2.05, 4.69) is 24.6 Å². The standard InChI is InChI=1S/C37H46ClFN4O3S3/c1-6-8-15-34-40-43(32-24-28(18-19-30(32)38)37(20-9-7-2)47-21-12-22-48-37)35(44)42(34)25-27-17-16-26(23-31(27)39)29-13-10-11-14-33(29)49(45,46)41-36(3,4)5/h10-11,13-14,16-19,23-24,41H,6-9,12,15,20-22,25H2,1-5H3. The molecule has 12 heteroatoms. The topological polar surface area (TPSA) is 86.0 Å². The molecule has 1 aliphatic rings. The first-order valence-electron chi connectivity index (χ1n) is 17.0. The fourth-order valence-corrected chi connectivity index (χ4v) is 11.3. The van der Waals surface area contributed by atoms with E-state index in [1.54, 1.807) is 51.1 Å². The van der Waals surface area contributed by atoms with E-state index in [0.717, 1.165) is 49.2 Å². The Balaban J connectivity index is 1.52. The first-order chi connectivity index (χ1) is 23.3. The van der Waals surface area contributed by atoms with Gasteiger partial charge in [0.25, 0.3) is 0 Å². The van der Waals surface area contributed by atoms with Gasteiger partial charge in [0.15, 0.2) is 0 Å². The predicted molar refractivity (Wildman–Crippen MR) is 203 cm³/mol. The third-order valence-electron chi connectivity index (χ3n) is 8.44. The van der Waals surface area contributed by atoms with Gasteiger partial charge < -0.3 is 0 Å². The molecule has 4 aromatic rings. The molecule has 49 heavy (non-hydrogen) atoms. The van der Waals surface area contributed by atoms with Crippen molar-refractivity contribution in [1.29, 1.82) is 0 Å². The van der Waals surface area contributed by atoms with Crippen molar-refractivity contribution < 1.29 is 12.8 Å². The van der Waals surface area contributed by atoms with Gasteiger partial charge in [-0.1, -0.05) is 81.1 Å².